The van der Waals surface area contributed by atoms with Crippen LogP contribution < -0.4 is 4.73 Å². The molecule has 1 amide bonds. The van der Waals surface area contributed by atoms with E-state index < -0.39 is 0 Å². The fourth-order valence-electron chi connectivity index (χ4n) is 4.63. The first-order valence-electron chi connectivity index (χ1n) is 11.5. The van der Waals surface area contributed by atoms with E-state index in [-0.39, 0.29) is 23.2 Å². The number of benzene rings is 2. The summed E-state index contributed by atoms with van der Waals surface area (Å²) in [7, 11) is 0. The first-order valence-corrected chi connectivity index (χ1v) is 12.3. The molecular weight excluding hydrogens is 487 g/mol. The number of hydrogen-bond donors (Lipinski definition) is 0. The lowest BCUT2D eigenvalue weighted by Gasteiger charge is -2.39. The van der Waals surface area contributed by atoms with Gasteiger partial charge in [0.25, 0.3) is 11.4 Å². The van der Waals surface area contributed by atoms with Gasteiger partial charge in [-0.1, -0.05) is 59.5 Å². The molecule has 2 aromatic heterocycles. The number of aromatic nitrogens is 2. The molecule has 0 aliphatic carbocycles. The Morgan fingerprint density at radius 1 is 0.971 bits per heavy atom. The molecule has 180 valence electrons. The van der Waals surface area contributed by atoms with Crippen molar-refractivity contribution < 1.29 is 14.0 Å². The molecule has 1 aliphatic rings. The minimum absolute atomic E-state index is 0.00872. The highest BCUT2D eigenvalue weighted by molar-refractivity contribution is 6.30. The summed E-state index contributed by atoms with van der Waals surface area (Å²) in [5, 5.41) is 18.1. The topological polar surface area (TPSA) is 76.5 Å². The lowest BCUT2D eigenvalue weighted by Crippen LogP contribution is -2.50. The highest BCUT2D eigenvalue weighted by atomic mass is 35.5. The minimum Gasteiger partial charge on any atom is -0.618 e. The number of carbonyl (C=O) groups is 1. The second-order valence-corrected chi connectivity index (χ2v) is 9.42. The Bertz CT molecular complexity index is 1300. The summed E-state index contributed by atoms with van der Waals surface area (Å²) in [6.45, 7) is 4.18. The van der Waals surface area contributed by atoms with Gasteiger partial charge in [-0.25, -0.2) is 0 Å². The van der Waals surface area contributed by atoms with E-state index in [4.69, 9.17) is 27.7 Å². The van der Waals surface area contributed by atoms with Gasteiger partial charge < -0.3 is 14.6 Å². The van der Waals surface area contributed by atoms with E-state index >= 15 is 0 Å². The third kappa shape index (κ3) is 4.59. The number of pyridine rings is 1. The first-order chi connectivity index (χ1) is 17.0. The quantitative estimate of drug-likeness (QED) is 0.282. The Labute approximate surface area is 213 Å². The van der Waals surface area contributed by atoms with Crippen LogP contribution in [0.15, 0.2) is 65.2 Å². The summed E-state index contributed by atoms with van der Waals surface area (Å²) >= 11 is 12.3. The summed E-state index contributed by atoms with van der Waals surface area (Å²) in [4.78, 5) is 17.4. The van der Waals surface area contributed by atoms with Crippen LogP contribution in [0, 0.1) is 5.21 Å². The molecule has 0 N–H and O–H groups in total. The highest BCUT2D eigenvalue weighted by Gasteiger charge is 2.33. The molecule has 0 radical (unpaired) electrons. The zero-order valence-electron chi connectivity index (χ0n) is 19.2. The van der Waals surface area contributed by atoms with Gasteiger partial charge >= 0.3 is 0 Å². The third-order valence-electron chi connectivity index (χ3n) is 6.49. The molecule has 0 unspecified atom stereocenters. The number of aryl methyl sites for hydroxylation is 1. The summed E-state index contributed by atoms with van der Waals surface area (Å²) in [5.41, 5.74) is 3.35. The molecule has 2 aromatic carbocycles. The molecule has 0 saturated carbocycles. The molecule has 0 spiro atoms. The monoisotopic (exact) mass is 510 g/mol. The fourth-order valence-corrected chi connectivity index (χ4v) is 4.88. The van der Waals surface area contributed by atoms with Gasteiger partial charge in [-0.15, -0.1) is 0 Å². The molecule has 4 aromatic rings. The van der Waals surface area contributed by atoms with E-state index in [0.717, 1.165) is 15.9 Å². The first kappa shape index (κ1) is 23.6. The summed E-state index contributed by atoms with van der Waals surface area (Å²) in [6.07, 6.45) is 0.549. The molecule has 35 heavy (non-hydrogen) atoms. The van der Waals surface area contributed by atoms with Crippen LogP contribution in [0.4, 0.5) is 0 Å². The van der Waals surface area contributed by atoms with E-state index in [1.807, 2.05) is 55.5 Å². The maximum atomic E-state index is 13.3. The summed E-state index contributed by atoms with van der Waals surface area (Å²) in [6, 6.07) is 19.0. The molecule has 0 atom stereocenters. The molecule has 1 saturated heterocycles. The number of amides is 1. The number of carbonyl (C=O) groups excluding carboxylic acids is 1. The molecule has 0 bridgehead atoms. The normalized spacial score (nSPS) is 14.7. The van der Waals surface area contributed by atoms with Crippen LogP contribution in [0.25, 0.3) is 11.1 Å². The zero-order chi connectivity index (χ0) is 24.5. The smallest absolute Gasteiger partial charge is 0.297 e. The van der Waals surface area contributed by atoms with E-state index in [2.05, 4.69) is 10.1 Å². The van der Waals surface area contributed by atoms with E-state index in [1.165, 1.54) is 0 Å². The Morgan fingerprint density at radius 3 is 2.09 bits per heavy atom. The van der Waals surface area contributed by atoms with Crippen molar-refractivity contribution in [3.63, 3.8) is 0 Å². The fraction of sp³-hybridized carbons (Fsp3) is 0.269. The molecule has 9 heteroatoms. The Kier molecular flexibility index (Phi) is 6.65. The van der Waals surface area contributed by atoms with Crippen molar-refractivity contribution >= 4 is 40.2 Å². The van der Waals surface area contributed by atoms with Crippen molar-refractivity contribution in [1.82, 2.24) is 15.0 Å². The van der Waals surface area contributed by atoms with E-state index in [9.17, 15) is 10.0 Å². The zero-order valence-corrected chi connectivity index (χ0v) is 20.7. The Balaban J connectivity index is 1.38. The average molecular weight is 511 g/mol. The second-order valence-electron chi connectivity index (χ2n) is 8.55. The minimum atomic E-state index is -0.296. The van der Waals surface area contributed by atoms with Crippen LogP contribution in [0.5, 0.6) is 0 Å². The molecule has 5 rings (SSSR count). The summed E-state index contributed by atoms with van der Waals surface area (Å²) < 4.78 is 6.04. The standard InChI is InChI=1S/C26H24Cl2N4O3/c1-2-21-11-12-22-25(32(21)34)23(29-35-22)26(33)31-15-13-30(14-16-31)24(17-3-7-19(27)8-4-17)18-5-9-20(28)10-6-18/h3-12,24H,2,13-16H2,1H3. The van der Waals surface area contributed by atoms with Gasteiger partial charge in [0.05, 0.1) is 6.04 Å². The van der Waals surface area contributed by atoms with Crippen LogP contribution in [0.1, 0.15) is 40.3 Å². The number of hydrogen-bond acceptors (Lipinski definition) is 5. The summed E-state index contributed by atoms with van der Waals surface area (Å²) in [5.74, 6) is -0.296. The van der Waals surface area contributed by atoms with Crippen molar-refractivity contribution in [2.24, 2.45) is 0 Å². The Hall–Kier alpha value is -3.13. The van der Waals surface area contributed by atoms with Gasteiger partial charge in [0.1, 0.15) is 0 Å². The largest absolute Gasteiger partial charge is 0.618 e. The highest BCUT2D eigenvalue weighted by Crippen LogP contribution is 2.31. The van der Waals surface area contributed by atoms with Crippen molar-refractivity contribution in [1.29, 1.82) is 0 Å². The molecule has 3 heterocycles. The predicted octanol–water partition coefficient (Wildman–Crippen LogP) is 4.88. The lowest BCUT2D eigenvalue weighted by molar-refractivity contribution is -0.586. The van der Waals surface area contributed by atoms with Gasteiger partial charge in [0.2, 0.25) is 11.3 Å². The van der Waals surface area contributed by atoms with E-state index in [0.29, 0.717) is 53.9 Å². The van der Waals surface area contributed by atoms with Crippen molar-refractivity contribution in [3.8, 4) is 0 Å². The van der Waals surface area contributed by atoms with Crippen LogP contribution in [-0.2, 0) is 6.42 Å². The maximum absolute atomic E-state index is 13.3. The van der Waals surface area contributed by atoms with Crippen LogP contribution in [-0.4, -0.2) is 47.0 Å². The van der Waals surface area contributed by atoms with Crippen molar-refractivity contribution in [2.75, 3.05) is 26.2 Å². The SMILES string of the molecule is CCc1ccc2onc(C(=O)N3CCN(C(c4ccc(Cl)cc4)c4ccc(Cl)cc4)CC3)c2[n+]1[O-]. The van der Waals surface area contributed by atoms with Crippen LogP contribution >= 0.6 is 23.2 Å². The van der Waals surface area contributed by atoms with Gasteiger partial charge in [-0.2, -0.15) is 4.73 Å². The van der Waals surface area contributed by atoms with Crippen molar-refractivity contribution in [2.45, 2.75) is 19.4 Å². The second kappa shape index (κ2) is 9.85. The number of halogens is 2. The average Bonchev–Trinajstić information content (AvgIpc) is 3.32. The number of rotatable bonds is 5. The molecule has 1 aliphatic heterocycles. The Morgan fingerprint density at radius 2 is 1.54 bits per heavy atom. The van der Waals surface area contributed by atoms with Crippen LogP contribution in [0.3, 0.4) is 0 Å². The predicted molar refractivity (Wildman–Crippen MR) is 135 cm³/mol. The van der Waals surface area contributed by atoms with Gasteiger partial charge in [-0.3, -0.25) is 9.69 Å². The third-order valence-corrected chi connectivity index (χ3v) is 6.99. The molecular formula is C26H24Cl2N4O3. The van der Waals surface area contributed by atoms with E-state index in [1.54, 1.807) is 17.0 Å². The number of piperazine rings is 1. The lowest BCUT2D eigenvalue weighted by atomic mass is 9.96. The van der Waals surface area contributed by atoms with Gasteiger partial charge in [0.15, 0.2) is 5.69 Å². The molecule has 7 nitrogen and oxygen atoms in total. The van der Waals surface area contributed by atoms with Gasteiger partial charge in [0, 0.05) is 48.7 Å². The number of fused-ring (bicyclic) bond motifs is 1. The van der Waals surface area contributed by atoms with Crippen molar-refractivity contribution in [3.05, 3.63) is 98.4 Å². The number of nitrogens with zero attached hydrogens (tertiary/aromatic N) is 4. The van der Waals surface area contributed by atoms with Crippen LogP contribution in [0.2, 0.25) is 10.0 Å². The van der Waals surface area contributed by atoms with Gasteiger partial charge in [-0.05, 0) is 41.5 Å². The molecule has 1 fully saturated rings. The maximum Gasteiger partial charge on any atom is 0.297 e.